The van der Waals surface area contributed by atoms with Gasteiger partial charge in [-0.25, -0.2) is 4.39 Å². The number of aromatic hydroxyl groups is 1. The van der Waals surface area contributed by atoms with Crippen molar-refractivity contribution in [1.82, 2.24) is 0 Å². The van der Waals surface area contributed by atoms with Crippen molar-refractivity contribution in [3.63, 3.8) is 0 Å². The molecule has 0 saturated heterocycles. The van der Waals surface area contributed by atoms with Gasteiger partial charge in [0.2, 0.25) is 0 Å². The Kier molecular flexibility index (Phi) is 3.23. The van der Waals surface area contributed by atoms with Crippen LogP contribution < -0.4 is 4.74 Å². The minimum absolute atomic E-state index is 0.0161. The van der Waals surface area contributed by atoms with Crippen LogP contribution in [0.2, 0.25) is 0 Å². The molecule has 1 aliphatic rings. The van der Waals surface area contributed by atoms with Crippen molar-refractivity contribution in [2.75, 3.05) is 7.11 Å². The Hall–Kier alpha value is -1.30. The van der Waals surface area contributed by atoms with Crippen LogP contribution in [-0.2, 0) is 10.2 Å². The SMILES string of the molecule is COc1cc(F)c(Br)c(C2(CC(=O)O)CC2)c1O. The molecule has 4 nitrogen and oxygen atoms in total. The van der Waals surface area contributed by atoms with Gasteiger partial charge in [-0.2, -0.15) is 0 Å². The van der Waals surface area contributed by atoms with Crippen LogP contribution in [0.1, 0.15) is 24.8 Å². The summed E-state index contributed by atoms with van der Waals surface area (Å²) in [5.74, 6) is -1.72. The summed E-state index contributed by atoms with van der Waals surface area (Å²) < 4.78 is 18.7. The first kappa shape index (κ1) is 13.1. The quantitative estimate of drug-likeness (QED) is 0.895. The van der Waals surface area contributed by atoms with Crippen LogP contribution >= 0.6 is 15.9 Å². The Bertz CT molecular complexity index is 511. The van der Waals surface area contributed by atoms with Gasteiger partial charge in [0.15, 0.2) is 11.5 Å². The molecule has 0 aromatic heterocycles. The summed E-state index contributed by atoms with van der Waals surface area (Å²) >= 11 is 3.08. The number of ether oxygens (including phenoxy) is 1. The Morgan fingerprint density at radius 3 is 2.67 bits per heavy atom. The minimum atomic E-state index is -0.970. The van der Waals surface area contributed by atoms with E-state index in [4.69, 9.17) is 9.84 Å². The van der Waals surface area contributed by atoms with Crippen molar-refractivity contribution < 1.29 is 24.1 Å². The first-order valence-electron chi connectivity index (χ1n) is 5.38. The van der Waals surface area contributed by atoms with Crippen molar-refractivity contribution in [3.8, 4) is 11.5 Å². The van der Waals surface area contributed by atoms with Crippen molar-refractivity contribution in [2.24, 2.45) is 0 Å². The van der Waals surface area contributed by atoms with E-state index in [1.54, 1.807) is 0 Å². The lowest BCUT2D eigenvalue weighted by Gasteiger charge is -2.19. The molecule has 18 heavy (non-hydrogen) atoms. The molecule has 1 fully saturated rings. The van der Waals surface area contributed by atoms with Gasteiger partial charge in [-0.15, -0.1) is 0 Å². The van der Waals surface area contributed by atoms with E-state index >= 15 is 0 Å². The second-order valence-corrected chi connectivity index (χ2v) is 5.24. The molecular formula is C12H12BrFO4. The van der Waals surface area contributed by atoms with Gasteiger partial charge in [0.05, 0.1) is 18.0 Å². The molecule has 2 rings (SSSR count). The largest absolute Gasteiger partial charge is 0.504 e. The predicted octanol–water partition coefficient (Wildman–Crippen LogP) is 2.81. The number of benzene rings is 1. The highest BCUT2D eigenvalue weighted by atomic mass is 79.9. The molecule has 0 radical (unpaired) electrons. The van der Waals surface area contributed by atoms with E-state index in [1.165, 1.54) is 7.11 Å². The fraction of sp³-hybridized carbons (Fsp3) is 0.417. The molecule has 0 spiro atoms. The maximum absolute atomic E-state index is 13.7. The van der Waals surface area contributed by atoms with Gasteiger partial charge in [-0.1, -0.05) is 0 Å². The molecule has 1 aliphatic carbocycles. The monoisotopic (exact) mass is 318 g/mol. The van der Waals surface area contributed by atoms with Crippen molar-refractivity contribution in [3.05, 3.63) is 21.9 Å². The lowest BCUT2D eigenvalue weighted by molar-refractivity contribution is -0.137. The predicted molar refractivity (Wildman–Crippen MR) is 65.5 cm³/mol. The summed E-state index contributed by atoms with van der Waals surface area (Å²) in [5, 5.41) is 19.0. The third kappa shape index (κ3) is 2.05. The Morgan fingerprint density at radius 2 is 2.22 bits per heavy atom. The number of carboxylic acids is 1. The van der Waals surface area contributed by atoms with Crippen molar-refractivity contribution in [1.29, 1.82) is 0 Å². The molecule has 1 aromatic carbocycles. The Morgan fingerprint density at radius 1 is 1.61 bits per heavy atom. The van der Waals surface area contributed by atoms with Gasteiger partial charge in [0.25, 0.3) is 0 Å². The van der Waals surface area contributed by atoms with E-state index in [0.717, 1.165) is 6.07 Å². The minimum Gasteiger partial charge on any atom is -0.504 e. The van der Waals surface area contributed by atoms with Crippen LogP contribution in [0.3, 0.4) is 0 Å². The first-order chi connectivity index (χ1) is 8.41. The summed E-state index contributed by atoms with van der Waals surface area (Å²) in [7, 11) is 1.32. The zero-order valence-corrected chi connectivity index (χ0v) is 11.3. The number of hydrogen-bond acceptors (Lipinski definition) is 3. The third-order valence-corrected chi connectivity index (χ3v) is 4.03. The number of phenols is 1. The fourth-order valence-electron chi connectivity index (χ4n) is 2.19. The average molecular weight is 319 g/mol. The normalized spacial score (nSPS) is 16.4. The Balaban J connectivity index is 2.56. The van der Waals surface area contributed by atoms with E-state index in [2.05, 4.69) is 15.9 Å². The highest BCUT2D eigenvalue weighted by molar-refractivity contribution is 9.10. The molecule has 0 atom stereocenters. The van der Waals surface area contributed by atoms with Gasteiger partial charge < -0.3 is 14.9 Å². The number of methoxy groups -OCH3 is 1. The second kappa shape index (κ2) is 4.42. The highest BCUT2D eigenvalue weighted by Gasteiger charge is 2.50. The van der Waals surface area contributed by atoms with Gasteiger partial charge >= 0.3 is 5.97 Å². The standard InChI is InChI=1S/C12H12BrFO4/c1-18-7-4-6(14)10(13)9(11(7)17)12(2-3-12)5-8(15)16/h4,17H,2-3,5H2,1H3,(H,15,16). The molecule has 98 valence electrons. The molecule has 0 unspecified atom stereocenters. The summed E-state index contributed by atoms with van der Waals surface area (Å²) in [6, 6.07) is 1.07. The smallest absolute Gasteiger partial charge is 0.304 e. The van der Waals surface area contributed by atoms with E-state index in [9.17, 15) is 14.3 Å². The van der Waals surface area contributed by atoms with Crippen LogP contribution in [0.25, 0.3) is 0 Å². The van der Waals surface area contributed by atoms with Crippen LogP contribution in [0.15, 0.2) is 10.5 Å². The molecule has 6 heteroatoms. The van der Waals surface area contributed by atoms with Gasteiger partial charge in [0, 0.05) is 17.0 Å². The zero-order valence-electron chi connectivity index (χ0n) is 9.67. The highest BCUT2D eigenvalue weighted by Crippen LogP contribution is 2.58. The molecule has 2 N–H and O–H groups in total. The summed E-state index contributed by atoms with van der Waals surface area (Å²) in [5.41, 5.74) is -0.397. The molecule has 1 aromatic rings. The van der Waals surface area contributed by atoms with Crippen LogP contribution in [0, 0.1) is 5.82 Å². The molecule has 0 bridgehead atoms. The Labute approximate surface area is 112 Å². The fourth-order valence-corrected chi connectivity index (χ4v) is 2.91. The van der Waals surface area contributed by atoms with Gasteiger partial charge in [-0.05, 0) is 28.8 Å². The van der Waals surface area contributed by atoms with Gasteiger partial charge in [0.1, 0.15) is 5.82 Å². The summed E-state index contributed by atoms with van der Waals surface area (Å²) in [4.78, 5) is 10.9. The molecule has 0 aliphatic heterocycles. The van der Waals surface area contributed by atoms with Crippen LogP contribution in [0.5, 0.6) is 11.5 Å². The van der Waals surface area contributed by atoms with E-state index in [-0.39, 0.29) is 22.4 Å². The number of carboxylic acid groups (broad SMARTS) is 1. The molecule has 0 amide bonds. The maximum Gasteiger partial charge on any atom is 0.304 e. The lowest BCUT2D eigenvalue weighted by Crippen LogP contribution is -2.14. The molecule has 0 heterocycles. The number of halogens is 2. The molecule has 1 saturated carbocycles. The maximum atomic E-state index is 13.7. The van der Waals surface area contributed by atoms with E-state index < -0.39 is 17.2 Å². The van der Waals surface area contributed by atoms with Crippen LogP contribution in [-0.4, -0.2) is 23.3 Å². The zero-order chi connectivity index (χ0) is 13.5. The average Bonchev–Trinajstić information content (AvgIpc) is 3.03. The second-order valence-electron chi connectivity index (χ2n) is 4.45. The number of phenolic OH excluding ortho intramolecular Hbond substituents is 1. The van der Waals surface area contributed by atoms with Crippen molar-refractivity contribution in [2.45, 2.75) is 24.7 Å². The van der Waals surface area contributed by atoms with E-state index in [1.807, 2.05) is 0 Å². The number of aliphatic carboxylic acids is 1. The van der Waals surface area contributed by atoms with Crippen molar-refractivity contribution >= 4 is 21.9 Å². The summed E-state index contributed by atoms with van der Waals surface area (Å²) in [6.07, 6.45) is 1.09. The van der Waals surface area contributed by atoms with E-state index in [0.29, 0.717) is 18.4 Å². The lowest BCUT2D eigenvalue weighted by atomic mass is 9.91. The first-order valence-corrected chi connectivity index (χ1v) is 6.18. The summed E-state index contributed by atoms with van der Waals surface area (Å²) in [6.45, 7) is 0. The number of hydrogen-bond donors (Lipinski definition) is 2. The molecular weight excluding hydrogens is 307 g/mol. The topological polar surface area (TPSA) is 66.8 Å². The number of rotatable bonds is 4. The van der Waals surface area contributed by atoms with Gasteiger partial charge in [-0.3, -0.25) is 4.79 Å². The third-order valence-electron chi connectivity index (χ3n) is 3.25. The number of carbonyl (C=O) groups is 1. The van der Waals surface area contributed by atoms with Crippen LogP contribution in [0.4, 0.5) is 4.39 Å².